The molecule has 2 aromatic rings. The molecule has 0 fully saturated rings. The molecule has 140 valence electrons. The summed E-state index contributed by atoms with van der Waals surface area (Å²) in [7, 11) is 0. The summed E-state index contributed by atoms with van der Waals surface area (Å²) in [5.41, 5.74) is 5.05. The van der Waals surface area contributed by atoms with E-state index in [9.17, 15) is 19.5 Å². The molecule has 0 spiro atoms. The van der Waals surface area contributed by atoms with Gasteiger partial charge in [0.2, 0.25) is 0 Å². The van der Waals surface area contributed by atoms with Crippen LogP contribution >= 0.6 is 0 Å². The van der Waals surface area contributed by atoms with Crippen LogP contribution in [0.3, 0.4) is 0 Å². The fourth-order valence-electron chi connectivity index (χ4n) is 3.22. The normalized spacial score (nSPS) is 18.3. The number of fused-ring (bicyclic) bond motifs is 1. The number of anilines is 2. The Hall–Kier alpha value is -3.19. The number of nitrogen functional groups attached to an aromatic ring is 1. The number of para-hydroxylation sites is 1. The van der Waals surface area contributed by atoms with E-state index in [1.165, 1.54) is 6.07 Å². The zero-order chi connectivity index (χ0) is 19.6. The predicted octanol–water partition coefficient (Wildman–Crippen LogP) is 1.64. The third-order valence-electron chi connectivity index (χ3n) is 4.46. The molecule has 7 nitrogen and oxygen atoms in total. The van der Waals surface area contributed by atoms with Gasteiger partial charge in [0.15, 0.2) is 11.4 Å². The van der Waals surface area contributed by atoms with E-state index in [1.807, 2.05) is 0 Å². The van der Waals surface area contributed by atoms with Gasteiger partial charge in [-0.2, -0.15) is 0 Å². The smallest absolute Gasteiger partial charge is 0.326 e. The Bertz CT molecular complexity index is 911. The third-order valence-corrected chi connectivity index (χ3v) is 4.46. The second kappa shape index (κ2) is 7.20. The van der Waals surface area contributed by atoms with Crippen molar-refractivity contribution in [1.29, 1.82) is 0 Å². The average molecular weight is 368 g/mol. The second-order valence-corrected chi connectivity index (χ2v) is 6.30. The number of nitrogens with two attached hydrogens (primary N) is 1. The lowest BCUT2D eigenvalue weighted by Gasteiger charge is -2.22. The second-order valence-electron chi connectivity index (χ2n) is 6.30. The first kappa shape index (κ1) is 18.6. The molecule has 3 N–H and O–H groups in total. The van der Waals surface area contributed by atoms with Crippen LogP contribution in [0.4, 0.5) is 11.4 Å². The number of amides is 1. The van der Waals surface area contributed by atoms with Gasteiger partial charge in [-0.05, 0) is 25.1 Å². The number of ether oxygens (including phenoxy) is 1. The Morgan fingerprint density at radius 2 is 1.93 bits per heavy atom. The number of benzene rings is 2. The third kappa shape index (κ3) is 3.41. The molecule has 1 amide bonds. The number of ketones is 1. The van der Waals surface area contributed by atoms with Gasteiger partial charge in [-0.15, -0.1) is 0 Å². The zero-order valence-corrected chi connectivity index (χ0v) is 14.8. The molecule has 0 saturated heterocycles. The van der Waals surface area contributed by atoms with E-state index < -0.39 is 29.7 Å². The van der Waals surface area contributed by atoms with Gasteiger partial charge in [-0.3, -0.25) is 19.3 Å². The van der Waals surface area contributed by atoms with E-state index >= 15 is 0 Å². The first-order valence-corrected chi connectivity index (χ1v) is 8.55. The van der Waals surface area contributed by atoms with Crippen molar-refractivity contribution in [3.63, 3.8) is 0 Å². The Morgan fingerprint density at radius 1 is 1.19 bits per heavy atom. The minimum atomic E-state index is -2.05. The van der Waals surface area contributed by atoms with Crippen LogP contribution in [0.2, 0.25) is 0 Å². The molecule has 0 aromatic heterocycles. The van der Waals surface area contributed by atoms with E-state index in [4.69, 9.17) is 10.5 Å². The maximum absolute atomic E-state index is 12.9. The number of hydrogen-bond acceptors (Lipinski definition) is 6. The summed E-state index contributed by atoms with van der Waals surface area (Å²) in [6.07, 6.45) is -0.453. The van der Waals surface area contributed by atoms with Crippen LogP contribution in [0.1, 0.15) is 29.3 Å². The fraction of sp³-hybridized carbons (Fsp3) is 0.250. The number of Topliss-reactive ketones (excluding diaryl/α,β-unsaturated/α-hetero) is 1. The molecular weight excluding hydrogens is 348 g/mol. The molecular formula is C20H20N2O5. The molecule has 2 aromatic carbocycles. The van der Waals surface area contributed by atoms with Crippen LogP contribution < -0.4 is 10.6 Å². The molecule has 7 heteroatoms. The minimum Gasteiger partial charge on any atom is -0.465 e. The first-order valence-electron chi connectivity index (χ1n) is 8.55. The highest BCUT2D eigenvalue weighted by atomic mass is 16.5. The number of carbonyl (C=O) groups excluding carboxylic acids is 3. The van der Waals surface area contributed by atoms with Gasteiger partial charge < -0.3 is 15.6 Å². The summed E-state index contributed by atoms with van der Waals surface area (Å²) >= 11 is 0. The van der Waals surface area contributed by atoms with Crippen molar-refractivity contribution in [1.82, 2.24) is 0 Å². The van der Waals surface area contributed by atoms with Crippen LogP contribution in [-0.2, 0) is 19.9 Å². The molecule has 1 aliphatic rings. The lowest BCUT2D eigenvalue weighted by Crippen LogP contribution is -2.44. The van der Waals surface area contributed by atoms with Crippen molar-refractivity contribution < 1.29 is 24.2 Å². The number of aliphatic hydroxyl groups is 1. The molecule has 1 atom stereocenters. The van der Waals surface area contributed by atoms with Gasteiger partial charge in [0.1, 0.15) is 6.54 Å². The Labute approximate surface area is 156 Å². The van der Waals surface area contributed by atoms with Gasteiger partial charge in [0, 0.05) is 16.8 Å². The highest BCUT2D eigenvalue weighted by Gasteiger charge is 2.51. The summed E-state index contributed by atoms with van der Waals surface area (Å²) in [5.74, 6) is -1.74. The zero-order valence-electron chi connectivity index (χ0n) is 14.8. The maximum Gasteiger partial charge on any atom is 0.326 e. The number of rotatable bonds is 6. The summed E-state index contributed by atoms with van der Waals surface area (Å²) in [6, 6.07) is 12.9. The number of esters is 1. The van der Waals surface area contributed by atoms with Crippen molar-refractivity contribution >= 4 is 29.0 Å². The number of hydrogen-bond donors (Lipinski definition) is 2. The Kier molecular flexibility index (Phi) is 4.96. The lowest BCUT2D eigenvalue weighted by atomic mass is 9.88. The standard InChI is InChI=1S/C20H20N2O5/c1-2-27-18(24)12-22-16-9-4-3-8-15(16)20(26,19(22)25)11-17(23)13-6-5-7-14(21)10-13/h3-10,26H,2,11-12,21H2,1H3. The minimum absolute atomic E-state index is 0.181. The topological polar surface area (TPSA) is 110 Å². The molecule has 1 aliphatic heterocycles. The maximum atomic E-state index is 12.9. The lowest BCUT2D eigenvalue weighted by molar-refractivity contribution is -0.144. The van der Waals surface area contributed by atoms with Gasteiger partial charge >= 0.3 is 5.97 Å². The van der Waals surface area contributed by atoms with Crippen molar-refractivity contribution in [2.24, 2.45) is 0 Å². The number of nitrogens with zero attached hydrogens (tertiary/aromatic N) is 1. The van der Waals surface area contributed by atoms with Gasteiger partial charge in [-0.25, -0.2) is 0 Å². The molecule has 1 unspecified atom stereocenters. The van der Waals surface area contributed by atoms with Gasteiger partial charge in [-0.1, -0.05) is 30.3 Å². The quantitative estimate of drug-likeness (QED) is 0.456. The van der Waals surface area contributed by atoms with Crippen molar-refractivity contribution in [2.45, 2.75) is 18.9 Å². The Morgan fingerprint density at radius 3 is 2.63 bits per heavy atom. The molecule has 0 bridgehead atoms. The molecule has 0 saturated carbocycles. The molecule has 1 heterocycles. The van der Waals surface area contributed by atoms with E-state index in [1.54, 1.807) is 49.4 Å². The predicted molar refractivity (Wildman–Crippen MR) is 99.1 cm³/mol. The molecule has 27 heavy (non-hydrogen) atoms. The van der Waals surface area contributed by atoms with Crippen molar-refractivity contribution in [3.05, 3.63) is 59.7 Å². The van der Waals surface area contributed by atoms with Crippen LogP contribution in [0.25, 0.3) is 0 Å². The fourth-order valence-corrected chi connectivity index (χ4v) is 3.22. The summed E-state index contributed by atoms with van der Waals surface area (Å²) < 4.78 is 4.90. The highest BCUT2D eigenvalue weighted by molar-refractivity contribution is 6.12. The SMILES string of the molecule is CCOC(=O)CN1C(=O)C(O)(CC(=O)c2cccc(N)c2)c2ccccc21. The van der Waals surface area contributed by atoms with E-state index in [0.29, 0.717) is 16.9 Å². The van der Waals surface area contributed by atoms with E-state index in [-0.39, 0.29) is 18.7 Å². The van der Waals surface area contributed by atoms with Crippen molar-refractivity contribution in [2.75, 3.05) is 23.8 Å². The molecule has 0 aliphatic carbocycles. The van der Waals surface area contributed by atoms with Gasteiger partial charge in [0.25, 0.3) is 5.91 Å². The summed E-state index contributed by atoms with van der Waals surface area (Å²) in [5, 5.41) is 11.1. The monoisotopic (exact) mass is 368 g/mol. The highest BCUT2D eigenvalue weighted by Crippen LogP contribution is 2.42. The van der Waals surface area contributed by atoms with Crippen LogP contribution in [0.5, 0.6) is 0 Å². The largest absolute Gasteiger partial charge is 0.465 e. The average Bonchev–Trinajstić information content (AvgIpc) is 2.84. The van der Waals surface area contributed by atoms with Crippen LogP contribution in [0, 0.1) is 0 Å². The van der Waals surface area contributed by atoms with Crippen molar-refractivity contribution in [3.8, 4) is 0 Å². The first-order chi connectivity index (χ1) is 12.9. The molecule has 0 radical (unpaired) electrons. The molecule has 3 rings (SSSR count). The van der Waals surface area contributed by atoms with Crippen LogP contribution in [-0.4, -0.2) is 35.9 Å². The summed E-state index contributed by atoms with van der Waals surface area (Å²) in [4.78, 5) is 38.6. The summed E-state index contributed by atoms with van der Waals surface area (Å²) in [6.45, 7) is 1.51. The van der Waals surface area contributed by atoms with Crippen LogP contribution in [0.15, 0.2) is 48.5 Å². The van der Waals surface area contributed by atoms with E-state index in [0.717, 1.165) is 4.90 Å². The number of carbonyl (C=O) groups is 3. The van der Waals surface area contributed by atoms with E-state index in [2.05, 4.69) is 0 Å². The Balaban J connectivity index is 1.93. The van der Waals surface area contributed by atoms with Gasteiger partial charge in [0.05, 0.1) is 18.7 Å².